The summed E-state index contributed by atoms with van der Waals surface area (Å²) in [4.78, 5) is 24.1. The summed E-state index contributed by atoms with van der Waals surface area (Å²) < 4.78 is 5.26. The molecule has 5 nitrogen and oxygen atoms in total. The molecule has 0 aromatic rings. The quantitative estimate of drug-likeness (QED) is 0.677. The van der Waals surface area contributed by atoms with Crippen LogP contribution in [0.1, 0.15) is 12.8 Å². The van der Waals surface area contributed by atoms with Gasteiger partial charge in [-0.25, -0.2) is 0 Å². The minimum absolute atomic E-state index is 0.0218. The lowest BCUT2D eigenvalue weighted by atomic mass is 10.0. The fourth-order valence-corrected chi connectivity index (χ4v) is 1.96. The SMILES string of the molecule is O=C1CN(CCC2CCOC2)C(=O)CN1. The molecular formula is C10H16N2O3. The Labute approximate surface area is 88.8 Å². The van der Waals surface area contributed by atoms with Gasteiger partial charge in [0.05, 0.1) is 13.1 Å². The van der Waals surface area contributed by atoms with Crippen LogP contribution >= 0.6 is 0 Å². The molecule has 84 valence electrons. The van der Waals surface area contributed by atoms with E-state index in [0.717, 1.165) is 26.1 Å². The highest BCUT2D eigenvalue weighted by atomic mass is 16.5. The van der Waals surface area contributed by atoms with Crippen LogP contribution in [-0.2, 0) is 14.3 Å². The first-order valence-electron chi connectivity index (χ1n) is 5.38. The minimum atomic E-state index is -0.0581. The van der Waals surface area contributed by atoms with E-state index in [4.69, 9.17) is 4.74 Å². The van der Waals surface area contributed by atoms with E-state index in [1.54, 1.807) is 4.90 Å². The fraction of sp³-hybridized carbons (Fsp3) is 0.800. The molecule has 0 radical (unpaired) electrons. The van der Waals surface area contributed by atoms with Gasteiger partial charge in [0.25, 0.3) is 0 Å². The van der Waals surface area contributed by atoms with Crippen molar-refractivity contribution < 1.29 is 14.3 Å². The topological polar surface area (TPSA) is 58.6 Å². The Morgan fingerprint density at radius 2 is 2.33 bits per heavy atom. The molecule has 2 rings (SSSR count). The van der Waals surface area contributed by atoms with Gasteiger partial charge < -0.3 is 15.0 Å². The van der Waals surface area contributed by atoms with Crippen LogP contribution in [0.25, 0.3) is 0 Å². The van der Waals surface area contributed by atoms with Crippen molar-refractivity contribution in [1.82, 2.24) is 10.2 Å². The van der Waals surface area contributed by atoms with Crippen molar-refractivity contribution in [3.63, 3.8) is 0 Å². The maximum Gasteiger partial charge on any atom is 0.242 e. The summed E-state index contributed by atoms with van der Waals surface area (Å²) in [7, 11) is 0. The van der Waals surface area contributed by atoms with E-state index < -0.39 is 0 Å². The molecule has 1 atom stereocenters. The predicted octanol–water partition coefficient (Wildman–Crippen LogP) is -0.629. The van der Waals surface area contributed by atoms with Gasteiger partial charge in [0.1, 0.15) is 0 Å². The van der Waals surface area contributed by atoms with Gasteiger partial charge >= 0.3 is 0 Å². The predicted molar refractivity (Wildman–Crippen MR) is 53.1 cm³/mol. The summed E-state index contributed by atoms with van der Waals surface area (Å²) in [5.41, 5.74) is 0. The molecule has 0 aliphatic carbocycles. The van der Waals surface area contributed by atoms with Crippen molar-refractivity contribution in [3.05, 3.63) is 0 Å². The maximum absolute atomic E-state index is 11.4. The van der Waals surface area contributed by atoms with E-state index in [0.29, 0.717) is 12.5 Å². The van der Waals surface area contributed by atoms with Crippen LogP contribution in [0.4, 0.5) is 0 Å². The zero-order valence-electron chi connectivity index (χ0n) is 8.70. The van der Waals surface area contributed by atoms with Crippen LogP contribution in [0.3, 0.4) is 0 Å². The Kier molecular flexibility index (Phi) is 3.20. The van der Waals surface area contributed by atoms with E-state index in [1.807, 2.05) is 0 Å². The van der Waals surface area contributed by atoms with Gasteiger partial charge in [0, 0.05) is 19.8 Å². The second kappa shape index (κ2) is 4.61. The Morgan fingerprint density at radius 1 is 1.47 bits per heavy atom. The number of carbonyl (C=O) groups is 2. The molecule has 1 N–H and O–H groups in total. The van der Waals surface area contributed by atoms with Crippen molar-refractivity contribution in [2.75, 3.05) is 32.8 Å². The number of rotatable bonds is 3. The molecule has 2 heterocycles. The Hall–Kier alpha value is -1.10. The molecule has 0 bridgehead atoms. The van der Waals surface area contributed by atoms with E-state index in [2.05, 4.69) is 5.32 Å². The number of carbonyl (C=O) groups excluding carboxylic acids is 2. The molecule has 0 aromatic heterocycles. The molecule has 2 fully saturated rings. The normalized spacial score (nSPS) is 26.9. The highest BCUT2D eigenvalue weighted by Crippen LogP contribution is 2.16. The number of nitrogens with one attached hydrogen (secondary N) is 1. The second-order valence-electron chi connectivity index (χ2n) is 4.11. The summed E-state index contributed by atoms with van der Waals surface area (Å²) in [5, 5.41) is 2.53. The van der Waals surface area contributed by atoms with Crippen LogP contribution < -0.4 is 5.32 Å². The summed E-state index contributed by atoms with van der Waals surface area (Å²) in [6.45, 7) is 2.68. The van der Waals surface area contributed by atoms with Gasteiger partial charge in [-0.1, -0.05) is 0 Å². The molecule has 0 saturated carbocycles. The number of hydrogen-bond acceptors (Lipinski definition) is 3. The smallest absolute Gasteiger partial charge is 0.242 e. The highest BCUT2D eigenvalue weighted by Gasteiger charge is 2.24. The van der Waals surface area contributed by atoms with Crippen molar-refractivity contribution >= 4 is 11.8 Å². The van der Waals surface area contributed by atoms with Gasteiger partial charge in [-0.2, -0.15) is 0 Å². The first kappa shape index (κ1) is 10.4. The summed E-state index contributed by atoms with van der Waals surface area (Å²) in [6, 6.07) is 0. The second-order valence-corrected chi connectivity index (χ2v) is 4.11. The van der Waals surface area contributed by atoms with Gasteiger partial charge in [0.2, 0.25) is 11.8 Å². The molecule has 5 heteroatoms. The van der Waals surface area contributed by atoms with E-state index >= 15 is 0 Å². The molecular weight excluding hydrogens is 196 g/mol. The molecule has 15 heavy (non-hydrogen) atoms. The standard InChI is InChI=1S/C10H16N2O3/c13-9-6-12(10(14)5-11-9)3-1-8-2-4-15-7-8/h8H,1-7H2,(H,11,13). The third-order valence-electron chi connectivity index (χ3n) is 2.96. The van der Waals surface area contributed by atoms with Crippen LogP contribution in [-0.4, -0.2) is 49.6 Å². The monoisotopic (exact) mass is 212 g/mol. The molecule has 0 spiro atoms. The van der Waals surface area contributed by atoms with Gasteiger partial charge in [-0.05, 0) is 18.8 Å². The summed E-state index contributed by atoms with van der Waals surface area (Å²) in [5.74, 6) is 0.522. The lowest BCUT2D eigenvalue weighted by Gasteiger charge is -2.27. The average Bonchev–Trinajstić information content (AvgIpc) is 2.72. The first-order valence-corrected chi connectivity index (χ1v) is 5.38. The van der Waals surface area contributed by atoms with Gasteiger partial charge in [0.15, 0.2) is 0 Å². The number of hydrogen-bond donors (Lipinski definition) is 1. The van der Waals surface area contributed by atoms with Crippen molar-refractivity contribution in [1.29, 1.82) is 0 Å². The summed E-state index contributed by atoms with van der Waals surface area (Å²) >= 11 is 0. The van der Waals surface area contributed by atoms with Crippen LogP contribution in [0, 0.1) is 5.92 Å². The third kappa shape index (κ3) is 2.68. The Balaban J connectivity index is 1.76. The van der Waals surface area contributed by atoms with Gasteiger partial charge in [-0.3, -0.25) is 9.59 Å². The van der Waals surface area contributed by atoms with E-state index in [-0.39, 0.29) is 24.9 Å². The van der Waals surface area contributed by atoms with E-state index in [1.165, 1.54) is 0 Å². The van der Waals surface area contributed by atoms with Crippen LogP contribution in [0.2, 0.25) is 0 Å². The molecule has 0 aromatic carbocycles. The number of piperazine rings is 1. The molecule has 2 amide bonds. The lowest BCUT2D eigenvalue weighted by Crippen LogP contribution is -2.51. The lowest BCUT2D eigenvalue weighted by molar-refractivity contribution is -0.140. The van der Waals surface area contributed by atoms with Crippen LogP contribution in [0.15, 0.2) is 0 Å². The fourth-order valence-electron chi connectivity index (χ4n) is 1.96. The summed E-state index contributed by atoms with van der Waals surface area (Å²) in [6.07, 6.45) is 2.02. The van der Waals surface area contributed by atoms with Crippen molar-refractivity contribution in [2.24, 2.45) is 5.92 Å². The molecule has 2 aliphatic heterocycles. The molecule has 2 saturated heterocycles. The Morgan fingerprint density at radius 3 is 3.07 bits per heavy atom. The first-order chi connectivity index (χ1) is 7.25. The van der Waals surface area contributed by atoms with Crippen molar-refractivity contribution in [2.45, 2.75) is 12.8 Å². The van der Waals surface area contributed by atoms with Crippen LogP contribution in [0.5, 0.6) is 0 Å². The number of ether oxygens (including phenoxy) is 1. The van der Waals surface area contributed by atoms with Gasteiger partial charge in [-0.15, -0.1) is 0 Å². The molecule has 2 aliphatic rings. The van der Waals surface area contributed by atoms with Crippen molar-refractivity contribution in [3.8, 4) is 0 Å². The highest BCUT2D eigenvalue weighted by molar-refractivity contribution is 5.92. The largest absolute Gasteiger partial charge is 0.381 e. The minimum Gasteiger partial charge on any atom is -0.381 e. The zero-order valence-corrected chi connectivity index (χ0v) is 8.70. The Bertz CT molecular complexity index is 261. The average molecular weight is 212 g/mol. The molecule has 1 unspecified atom stereocenters. The number of amides is 2. The zero-order chi connectivity index (χ0) is 10.7. The van der Waals surface area contributed by atoms with E-state index in [9.17, 15) is 9.59 Å². The third-order valence-corrected chi connectivity index (χ3v) is 2.96. The maximum atomic E-state index is 11.4. The number of nitrogens with zero attached hydrogens (tertiary/aromatic N) is 1.